The highest BCUT2D eigenvalue weighted by molar-refractivity contribution is 5.77. The molecule has 1 aliphatic heterocycles. The Balaban J connectivity index is 2.42. The van der Waals surface area contributed by atoms with E-state index in [-0.39, 0.29) is 0 Å². The number of hydrogen-bond donors (Lipinski definition) is 2. The number of piperidine rings is 1. The smallest absolute Gasteiger partial charge is 0.351 e. The lowest BCUT2D eigenvalue weighted by atomic mass is 9.90. The van der Waals surface area contributed by atoms with E-state index in [1.807, 2.05) is 0 Å². The highest BCUT2D eigenvalue weighted by Crippen LogP contribution is 2.22. The van der Waals surface area contributed by atoms with Crippen LogP contribution in [-0.4, -0.2) is 30.7 Å². The minimum atomic E-state index is -4.42. The molecule has 0 aromatic rings. The summed E-state index contributed by atoms with van der Waals surface area (Å²) in [6.07, 6.45) is -4.49. The summed E-state index contributed by atoms with van der Waals surface area (Å²) in [5, 5.41) is 5.54. The molecule has 0 radical (unpaired) electrons. The summed E-state index contributed by atoms with van der Waals surface area (Å²) < 4.78 is 35.7. The zero-order valence-electron chi connectivity index (χ0n) is 8.58. The number of alkyl halides is 3. The van der Waals surface area contributed by atoms with Crippen molar-refractivity contribution in [1.82, 2.24) is 10.6 Å². The second-order valence-electron chi connectivity index (χ2n) is 4.15. The van der Waals surface area contributed by atoms with Crippen molar-refractivity contribution in [3.05, 3.63) is 0 Å². The van der Waals surface area contributed by atoms with Gasteiger partial charge < -0.3 is 10.6 Å². The van der Waals surface area contributed by atoms with Crippen LogP contribution in [0.3, 0.4) is 0 Å². The number of amides is 1. The third-order valence-corrected chi connectivity index (χ3v) is 2.51. The Morgan fingerprint density at radius 3 is 2.40 bits per heavy atom. The standard InChI is InChI=1S/C9H15F3N2O/c1-8(2-4-13-5-3-8)14-7(15)6-9(10,11)12/h13H,2-6H2,1H3,(H,14,15). The van der Waals surface area contributed by atoms with Crippen LogP contribution in [0.25, 0.3) is 0 Å². The van der Waals surface area contributed by atoms with Crippen LogP contribution < -0.4 is 10.6 Å². The van der Waals surface area contributed by atoms with Crippen molar-refractivity contribution in [2.45, 2.75) is 37.9 Å². The van der Waals surface area contributed by atoms with Crippen LogP contribution in [0.15, 0.2) is 0 Å². The molecular formula is C9H15F3N2O. The van der Waals surface area contributed by atoms with Crippen molar-refractivity contribution in [2.24, 2.45) is 0 Å². The molecule has 0 saturated carbocycles. The van der Waals surface area contributed by atoms with E-state index in [1.54, 1.807) is 6.92 Å². The van der Waals surface area contributed by atoms with E-state index < -0.39 is 24.0 Å². The van der Waals surface area contributed by atoms with Crippen LogP contribution in [0, 0.1) is 0 Å². The molecule has 1 aliphatic rings. The number of halogens is 3. The molecule has 1 heterocycles. The van der Waals surface area contributed by atoms with Crippen LogP contribution in [-0.2, 0) is 4.79 Å². The molecular weight excluding hydrogens is 209 g/mol. The zero-order chi connectivity index (χ0) is 11.5. The maximum Gasteiger partial charge on any atom is 0.397 e. The van der Waals surface area contributed by atoms with Crippen molar-refractivity contribution in [1.29, 1.82) is 0 Å². The third-order valence-electron chi connectivity index (χ3n) is 2.51. The van der Waals surface area contributed by atoms with E-state index in [9.17, 15) is 18.0 Å². The van der Waals surface area contributed by atoms with Gasteiger partial charge in [0.2, 0.25) is 5.91 Å². The van der Waals surface area contributed by atoms with E-state index in [0.29, 0.717) is 12.8 Å². The molecule has 1 amide bonds. The van der Waals surface area contributed by atoms with Gasteiger partial charge in [-0.25, -0.2) is 0 Å². The lowest BCUT2D eigenvalue weighted by Crippen LogP contribution is -2.52. The molecule has 6 heteroatoms. The van der Waals surface area contributed by atoms with Crippen LogP contribution in [0.5, 0.6) is 0 Å². The summed E-state index contributed by atoms with van der Waals surface area (Å²) in [6.45, 7) is 3.23. The van der Waals surface area contributed by atoms with Crippen molar-refractivity contribution in [3.8, 4) is 0 Å². The Bertz CT molecular complexity index is 234. The SMILES string of the molecule is CC1(NC(=O)CC(F)(F)F)CCNCC1. The predicted octanol–water partition coefficient (Wildman–Crippen LogP) is 1.20. The first-order chi connectivity index (χ1) is 6.81. The maximum absolute atomic E-state index is 11.9. The molecule has 15 heavy (non-hydrogen) atoms. The average Bonchev–Trinajstić information content (AvgIpc) is 1.99. The molecule has 1 fully saturated rings. The van der Waals surface area contributed by atoms with Gasteiger partial charge in [-0.2, -0.15) is 13.2 Å². The molecule has 1 saturated heterocycles. The van der Waals surface area contributed by atoms with E-state index in [1.165, 1.54) is 0 Å². The maximum atomic E-state index is 11.9. The molecule has 0 bridgehead atoms. The van der Waals surface area contributed by atoms with Gasteiger partial charge in [-0.15, -0.1) is 0 Å². The summed E-state index contributed by atoms with van der Waals surface area (Å²) in [5.41, 5.74) is -0.492. The molecule has 0 aromatic carbocycles. The normalized spacial score (nSPS) is 21.1. The van der Waals surface area contributed by atoms with E-state index in [2.05, 4.69) is 10.6 Å². The first-order valence-corrected chi connectivity index (χ1v) is 4.89. The summed E-state index contributed by atoms with van der Waals surface area (Å²) in [5.74, 6) is -0.938. The minimum Gasteiger partial charge on any atom is -0.351 e. The quantitative estimate of drug-likeness (QED) is 0.740. The highest BCUT2D eigenvalue weighted by Gasteiger charge is 2.35. The number of carbonyl (C=O) groups excluding carboxylic acids is 1. The number of carbonyl (C=O) groups is 1. The molecule has 0 aromatic heterocycles. The first-order valence-electron chi connectivity index (χ1n) is 4.89. The summed E-state index contributed by atoms with van der Waals surface area (Å²) in [6, 6.07) is 0. The second-order valence-corrected chi connectivity index (χ2v) is 4.15. The van der Waals surface area contributed by atoms with Crippen LogP contribution in [0.2, 0.25) is 0 Å². The molecule has 0 aliphatic carbocycles. The Hall–Kier alpha value is -0.780. The zero-order valence-corrected chi connectivity index (χ0v) is 8.58. The summed E-state index contributed by atoms with van der Waals surface area (Å²) in [4.78, 5) is 11.1. The predicted molar refractivity (Wildman–Crippen MR) is 49.3 cm³/mol. The van der Waals surface area contributed by atoms with Crippen molar-refractivity contribution < 1.29 is 18.0 Å². The van der Waals surface area contributed by atoms with Crippen LogP contribution in [0.1, 0.15) is 26.2 Å². The topological polar surface area (TPSA) is 41.1 Å². The average molecular weight is 224 g/mol. The lowest BCUT2D eigenvalue weighted by molar-refractivity contribution is -0.155. The van der Waals surface area contributed by atoms with Gasteiger partial charge in [0.05, 0.1) is 0 Å². The van der Waals surface area contributed by atoms with Gasteiger partial charge in [0.1, 0.15) is 6.42 Å². The van der Waals surface area contributed by atoms with Gasteiger partial charge in [-0.1, -0.05) is 0 Å². The summed E-state index contributed by atoms with van der Waals surface area (Å²) in [7, 11) is 0. The second kappa shape index (κ2) is 4.38. The van der Waals surface area contributed by atoms with Gasteiger partial charge in [0.25, 0.3) is 0 Å². The highest BCUT2D eigenvalue weighted by atomic mass is 19.4. The van der Waals surface area contributed by atoms with E-state index in [4.69, 9.17) is 0 Å². The largest absolute Gasteiger partial charge is 0.397 e. The molecule has 88 valence electrons. The van der Waals surface area contributed by atoms with E-state index >= 15 is 0 Å². The van der Waals surface area contributed by atoms with Gasteiger partial charge in [-0.3, -0.25) is 4.79 Å². The third kappa shape index (κ3) is 4.51. The first kappa shape index (κ1) is 12.3. The van der Waals surface area contributed by atoms with Crippen molar-refractivity contribution in [2.75, 3.05) is 13.1 Å². The van der Waals surface area contributed by atoms with Crippen molar-refractivity contribution in [3.63, 3.8) is 0 Å². The molecule has 1 rings (SSSR count). The van der Waals surface area contributed by atoms with Gasteiger partial charge in [0.15, 0.2) is 0 Å². The van der Waals surface area contributed by atoms with Crippen LogP contribution in [0.4, 0.5) is 13.2 Å². The van der Waals surface area contributed by atoms with Gasteiger partial charge in [-0.05, 0) is 32.9 Å². The number of nitrogens with one attached hydrogen (secondary N) is 2. The number of rotatable bonds is 2. The van der Waals surface area contributed by atoms with E-state index in [0.717, 1.165) is 13.1 Å². The molecule has 3 nitrogen and oxygen atoms in total. The fraction of sp³-hybridized carbons (Fsp3) is 0.889. The monoisotopic (exact) mass is 224 g/mol. The Morgan fingerprint density at radius 2 is 1.93 bits per heavy atom. The molecule has 0 unspecified atom stereocenters. The Morgan fingerprint density at radius 1 is 1.40 bits per heavy atom. The van der Waals surface area contributed by atoms with Crippen LogP contribution >= 0.6 is 0 Å². The van der Waals surface area contributed by atoms with Gasteiger partial charge in [0, 0.05) is 5.54 Å². The molecule has 0 atom stereocenters. The Kier molecular flexibility index (Phi) is 3.59. The summed E-state index contributed by atoms with van der Waals surface area (Å²) >= 11 is 0. The Labute approximate surface area is 86.4 Å². The molecule has 0 spiro atoms. The number of hydrogen-bond acceptors (Lipinski definition) is 2. The fourth-order valence-electron chi connectivity index (χ4n) is 1.67. The van der Waals surface area contributed by atoms with Crippen molar-refractivity contribution >= 4 is 5.91 Å². The molecule has 2 N–H and O–H groups in total. The lowest BCUT2D eigenvalue weighted by Gasteiger charge is -2.35. The minimum absolute atomic E-state index is 0.492. The fourth-order valence-corrected chi connectivity index (χ4v) is 1.67. The van der Waals surface area contributed by atoms with Gasteiger partial charge >= 0.3 is 6.18 Å².